The standard InChI is InChI=1S/C11H23NO4/c1-3-5-12(6-7-13)9-10(14)8-11(15)16-4-2/h10,13-14H,3-9H2,1-2H3. The van der Waals surface area contributed by atoms with Gasteiger partial charge in [-0.1, -0.05) is 6.92 Å². The fourth-order valence-electron chi connectivity index (χ4n) is 1.53. The van der Waals surface area contributed by atoms with Crippen molar-refractivity contribution in [3.05, 3.63) is 0 Å². The molecule has 0 saturated carbocycles. The first-order valence-corrected chi connectivity index (χ1v) is 5.80. The third kappa shape index (κ3) is 7.62. The van der Waals surface area contributed by atoms with E-state index in [0.717, 1.165) is 13.0 Å². The smallest absolute Gasteiger partial charge is 0.308 e. The zero-order valence-electron chi connectivity index (χ0n) is 10.2. The lowest BCUT2D eigenvalue weighted by Crippen LogP contribution is -2.36. The van der Waals surface area contributed by atoms with E-state index in [1.807, 2.05) is 11.8 Å². The molecule has 0 fully saturated rings. The Balaban J connectivity index is 3.88. The van der Waals surface area contributed by atoms with Gasteiger partial charge in [0, 0.05) is 13.1 Å². The lowest BCUT2D eigenvalue weighted by Gasteiger charge is -2.23. The Morgan fingerprint density at radius 1 is 1.38 bits per heavy atom. The van der Waals surface area contributed by atoms with Gasteiger partial charge >= 0.3 is 5.97 Å². The number of aliphatic hydroxyl groups is 2. The minimum atomic E-state index is -0.725. The number of nitrogens with zero attached hydrogens (tertiary/aromatic N) is 1. The predicted octanol–water partition coefficient (Wildman–Crippen LogP) is 0.00480. The molecule has 0 bridgehead atoms. The maximum absolute atomic E-state index is 11.1. The topological polar surface area (TPSA) is 70.0 Å². The highest BCUT2D eigenvalue weighted by atomic mass is 16.5. The van der Waals surface area contributed by atoms with Gasteiger partial charge in [-0.05, 0) is 19.9 Å². The van der Waals surface area contributed by atoms with E-state index in [4.69, 9.17) is 9.84 Å². The van der Waals surface area contributed by atoms with Crippen LogP contribution in [0.1, 0.15) is 26.7 Å². The molecule has 0 aromatic heterocycles. The van der Waals surface area contributed by atoms with Gasteiger partial charge in [0.2, 0.25) is 0 Å². The lowest BCUT2D eigenvalue weighted by molar-refractivity contribution is -0.145. The van der Waals surface area contributed by atoms with Gasteiger partial charge in [0.25, 0.3) is 0 Å². The Morgan fingerprint density at radius 3 is 2.56 bits per heavy atom. The molecule has 1 atom stereocenters. The van der Waals surface area contributed by atoms with E-state index in [9.17, 15) is 9.90 Å². The Labute approximate surface area is 97.0 Å². The Hall–Kier alpha value is -0.650. The molecular formula is C11H23NO4. The van der Waals surface area contributed by atoms with E-state index < -0.39 is 6.10 Å². The van der Waals surface area contributed by atoms with Crippen LogP contribution in [0.2, 0.25) is 0 Å². The van der Waals surface area contributed by atoms with Gasteiger partial charge in [-0.2, -0.15) is 0 Å². The number of aliphatic hydroxyl groups excluding tert-OH is 2. The van der Waals surface area contributed by atoms with Crippen molar-refractivity contribution >= 4 is 5.97 Å². The van der Waals surface area contributed by atoms with Gasteiger partial charge in [-0.15, -0.1) is 0 Å². The highest BCUT2D eigenvalue weighted by Gasteiger charge is 2.15. The minimum absolute atomic E-state index is 0.0134. The van der Waals surface area contributed by atoms with Crippen molar-refractivity contribution in [1.29, 1.82) is 0 Å². The van der Waals surface area contributed by atoms with Crippen LogP contribution < -0.4 is 0 Å². The molecule has 0 aromatic carbocycles. The van der Waals surface area contributed by atoms with E-state index in [1.165, 1.54) is 0 Å². The summed E-state index contributed by atoms with van der Waals surface area (Å²) in [5, 5.41) is 18.5. The molecule has 0 heterocycles. The van der Waals surface area contributed by atoms with Gasteiger partial charge < -0.3 is 14.9 Å². The second kappa shape index (κ2) is 9.57. The molecule has 1 unspecified atom stereocenters. The zero-order chi connectivity index (χ0) is 12.4. The van der Waals surface area contributed by atoms with Gasteiger partial charge in [0.1, 0.15) is 0 Å². The first kappa shape index (κ1) is 15.3. The Kier molecular flexibility index (Phi) is 9.18. The van der Waals surface area contributed by atoms with Crippen LogP contribution in [0, 0.1) is 0 Å². The Bertz CT molecular complexity index is 181. The summed E-state index contributed by atoms with van der Waals surface area (Å²) in [6.07, 6.45) is 0.239. The maximum Gasteiger partial charge on any atom is 0.308 e. The van der Waals surface area contributed by atoms with Crippen LogP contribution in [-0.2, 0) is 9.53 Å². The molecule has 0 aliphatic rings. The summed E-state index contributed by atoms with van der Waals surface area (Å²) in [6, 6.07) is 0. The molecule has 0 amide bonds. The summed E-state index contributed by atoms with van der Waals surface area (Å²) in [5.74, 6) is -0.379. The molecule has 16 heavy (non-hydrogen) atoms. The predicted molar refractivity (Wildman–Crippen MR) is 61.1 cm³/mol. The summed E-state index contributed by atoms with van der Waals surface area (Å²) in [7, 11) is 0. The van der Waals surface area contributed by atoms with Gasteiger partial charge in [0.05, 0.1) is 25.7 Å². The van der Waals surface area contributed by atoms with Crippen LogP contribution in [0.3, 0.4) is 0 Å². The Morgan fingerprint density at radius 2 is 2.06 bits per heavy atom. The van der Waals surface area contributed by atoms with E-state index >= 15 is 0 Å². The van der Waals surface area contributed by atoms with Crippen molar-refractivity contribution in [3.8, 4) is 0 Å². The first-order valence-electron chi connectivity index (χ1n) is 5.80. The summed E-state index contributed by atoms with van der Waals surface area (Å²) in [6.45, 7) is 5.88. The fraction of sp³-hybridized carbons (Fsp3) is 0.909. The van der Waals surface area contributed by atoms with Crippen LogP contribution in [-0.4, -0.2) is 60.0 Å². The number of esters is 1. The fourth-order valence-corrected chi connectivity index (χ4v) is 1.53. The highest BCUT2D eigenvalue weighted by Crippen LogP contribution is 2.00. The number of rotatable bonds is 9. The molecule has 0 aromatic rings. The average Bonchev–Trinajstić information content (AvgIpc) is 2.18. The SMILES string of the molecule is CCCN(CCO)CC(O)CC(=O)OCC. The van der Waals surface area contributed by atoms with Gasteiger partial charge in [0.15, 0.2) is 0 Å². The second-order valence-corrected chi connectivity index (χ2v) is 3.69. The third-order valence-electron chi connectivity index (χ3n) is 2.13. The van der Waals surface area contributed by atoms with E-state index in [2.05, 4.69) is 0 Å². The van der Waals surface area contributed by atoms with Crippen LogP contribution >= 0.6 is 0 Å². The number of hydrogen-bond donors (Lipinski definition) is 2. The summed E-state index contributed by atoms with van der Waals surface area (Å²) >= 11 is 0. The van der Waals surface area contributed by atoms with Gasteiger partial charge in [-0.3, -0.25) is 9.69 Å². The summed E-state index contributed by atoms with van der Waals surface area (Å²) < 4.78 is 4.75. The van der Waals surface area contributed by atoms with Crippen molar-refractivity contribution in [2.75, 3.05) is 32.8 Å². The summed E-state index contributed by atoms with van der Waals surface area (Å²) in [5.41, 5.74) is 0. The van der Waals surface area contributed by atoms with Crippen molar-refractivity contribution < 1.29 is 19.7 Å². The molecular weight excluding hydrogens is 210 g/mol. The van der Waals surface area contributed by atoms with Crippen LogP contribution in [0.25, 0.3) is 0 Å². The lowest BCUT2D eigenvalue weighted by atomic mass is 10.2. The highest BCUT2D eigenvalue weighted by molar-refractivity contribution is 5.69. The van der Waals surface area contributed by atoms with E-state index in [-0.39, 0.29) is 19.0 Å². The third-order valence-corrected chi connectivity index (χ3v) is 2.13. The largest absolute Gasteiger partial charge is 0.466 e. The zero-order valence-corrected chi connectivity index (χ0v) is 10.2. The van der Waals surface area contributed by atoms with Crippen molar-refractivity contribution in [2.24, 2.45) is 0 Å². The van der Waals surface area contributed by atoms with Crippen molar-refractivity contribution in [1.82, 2.24) is 4.90 Å². The molecule has 0 spiro atoms. The number of ether oxygens (including phenoxy) is 1. The number of carbonyl (C=O) groups excluding carboxylic acids is 1. The van der Waals surface area contributed by atoms with Crippen LogP contribution in [0.4, 0.5) is 0 Å². The molecule has 0 aliphatic carbocycles. The summed E-state index contributed by atoms with van der Waals surface area (Å²) in [4.78, 5) is 13.0. The normalized spacial score (nSPS) is 12.8. The molecule has 5 nitrogen and oxygen atoms in total. The quantitative estimate of drug-likeness (QED) is 0.549. The van der Waals surface area contributed by atoms with Crippen molar-refractivity contribution in [3.63, 3.8) is 0 Å². The second-order valence-electron chi connectivity index (χ2n) is 3.69. The van der Waals surface area contributed by atoms with Crippen LogP contribution in [0.5, 0.6) is 0 Å². The first-order chi connectivity index (χ1) is 7.63. The van der Waals surface area contributed by atoms with Gasteiger partial charge in [-0.25, -0.2) is 0 Å². The molecule has 2 N–H and O–H groups in total. The molecule has 0 rings (SSSR count). The minimum Gasteiger partial charge on any atom is -0.466 e. The van der Waals surface area contributed by atoms with E-state index in [1.54, 1.807) is 6.92 Å². The molecule has 0 saturated heterocycles. The number of carbonyl (C=O) groups is 1. The number of hydrogen-bond acceptors (Lipinski definition) is 5. The maximum atomic E-state index is 11.1. The van der Waals surface area contributed by atoms with Crippen molar-refractivity contribution in [2.45, 2.75) is 32.8 Å². The average molecular weight is 233 g/mol. The molecule has 0 aliphatic heterocycles. The monoisotopic (exact) mass is 233 g/mol. The molecule has 96 valence electrons. The van der Waals surface area contributed by atoms with E-state index in [0.29, 0.717) is 19.7 Å². The molecule has 5 heteroatoms. The van der Waals surface area contributed by atoms with Crippen LogP contribution in [0.15, 0.2) is 0 Å². The molecule has 0 radical (unpaired) electrons.